The Hall–Kier alpha value is -0.880. The van der Waals surface area contributed by atoms with Gasteiger partial charge in [0.2, 0.25) is 5.91 Å². The van der Waals surface area contributed by atoms with Crippen molar-refractivity contribution in [2.45, 2.75) is 12.8 Å². The molecule has 0 spiro atoms. The highest BCUT2D eigenvalue weighted by molar-refractivity contribution is 9.10. The van der Waals surface area contributed by atoms with Gasteiger partial charge in [-0.25, -0.2) is 8.42 Å². The molecule has 1 unspecified atom stereocenters. The first kappa shape index (κ1) is 13.1. The van der Waals surface area contributed by atoms with Gasteiger partial charge in [0.15, 0.2) is 9.84 Å². The van der Waals surface area contributed by atoms with Crippen LogP contribution in [-0.4, -0.2) is 32.4 Å². The van der Waals surface area contributed by atoms with Crippen molar-refractivity contribution in [1.29, 1.82) is 0 Å². The average Bonchev–Trinajstić information content (AvgIpc) is 2.93. The molecule has 19 heavy (non-hydrogen) atoms. The monoisotopic (exact) mass is 343 g/mol. The summed E-state index contributed by atoms with van der Waals surface area (Å²) in [4.78, 5) is 14.2. The lowest BCUT2D eigenvalue weighted by molar-refractivity contribution is -0.121. The molecule has 1 aromatic carbocycles. The van der Waals surface area contributed by atoms with E-state index >= 15 is 0 Å². The minimum atomic E-state index is -3.01. The Morgan fingerprint density at radius 3 is 2.84 bits per heavy atom. The number of nitrogens with zero attached hydrogens (tertiary/aromatic N) is 1. The maximum Gasteiger partial charge on any atom is 0.231 e. The van der Waals surface area contributed by atoms with E-state index in [0.717, 1.165) is 22.1 Å². The fourth-order valence-corrected chi connectivity index (χ4v) is 5.12. The lowest BCUT2D eigenvalue weighted by atomic mass is 10.1. The number of halogens is 1. The Morgan fingerprint density at radius 2 is 2.16 bits per heavy atom. The van der Waals surface area contributed by atoms with Gasteiger partial charge in [0.05, 0.1) is 17.4 Å². The molecule has 0 aliphatic carbocycles. The third kappa shape index (κ3) is 2.31. The topological polar surface area (TPSA) is 54.5 Å². The molecule has 2 heterocycles. The first-order valence-corrected chi connectivity index (χ1v) is 8.88. The van der Waals surface area contributed by atoms with Crippen LogP contribution in [0.2, 0.25) is 0 Å². The summed E-state index contributed by atoms with van der Waals surface area (Å²) in [5, 5.41) is 0. The number of benzene rings is 1. The van der Waals surface area contributed by atoms with Gasteiger partial charge in [-0.05, 0) is 30.5 Å². The number of carbonyl (C=O) groups excluding carboxylic acids is 1. The molecule has 3 rings (SSSR count). The molecule has 0 saturated carbocycles. The van der Waals surface area contributed by atoms with Crippen LogP contribution in [0.3, 0.4) is 0 Å². The molecule has 6 heteroatoms. The van der Waals surface area contributed by atoms with E-state index in [4.69, 9.17) is 0 Å². The quantitative estimate of drug-likeness (QED) is 0.780. The Morgan fingerprint density at radius 1 is 1.37 bits per heavy atom. The lowest BCUT2D eigenvalue weighted by Gasteiger charge is -2.20. The van der Waals surface area contributed by atoms with Crippen molar-refractivity contribution in [2.24, 2.45) is 5.92 Å². The zero-order valence-corrected chi connectivity index (χ0v) is 12.7. The summed E-state index contributed by atoms with van der Waals surface area (Å²) in [6.45, 7) is 0.646. The fraction of sp³-hybridized carbons (Fsp3) is 0.462. The van der Waals surface area contributed by atoms with E-state index in [1.54, 1.807) is 4.90 Å². The van der Waals surface area contributed by atoms with Crippen LogP contribution in [0, 0.1) is 5.92 Å². The summed E-state index contributed by atoms with van der Waals surface area (Å²) in [5.41, 5.74) is 2.06. The molecule has 0 radical (unpaired) electrons. The summed E-state index contributed by atoms with van der Waals surface area (Å²) < 4.78 is 24.0. The second kappa shape index (κ2) is 4.59. The van der Waals surface area contributed by atoms with Gasteiger partial charge in [0, 0.05) is 16.7 Å². The fourth-order valence-electron chi connectivity index (χ4n) is 2.83. The maximum absolute atomic E-state index is 12.5. The molecular formula is C13H14BrNO3S. The Bertz CT molecular complexity index is 641. The average molecular weight is 344 g/mol. The predicted molar refractivity (Wildman–Crippen MR) is 77.0 cm³/mol. The van der Waals surface area contributed by atoms with E-state index in [2.05, 4.69) is 15.9 Å². The molecule has 0 aromatic heterocycles. The van der Waals surface area contributed by atoms with Crippen LogP contribution in [0.4, 0.5) is 5.69 Å². The number of rotatable bonds is 1. The van der Waals surface area contributed by atoms with Crippen molar-refractivity contribution in [3.63, 3.8) is 0 Å². The number of anilines is 1. The van der Waals surface area contributed by atoms with Gasteiger partial charge < -0.3 is 4.90 Å². The van der Waals surface area contributed by atoms with Crippen LogP contribution in [-0.2, 0) is 21.1 Å². The van der Waals surface area contributed by atoms with Gasteiger partial charge >= 0.3 is 0 Å². The van der Waals surface area contributed by atoms with Gasteiger partial charge in [0.1, 0.15) is 0 Å². The van der Waals surface area contributed by atoms with Gasteiger partial charge in [-0.3, -0.25) is 4.79 Å². The third-order valence-corrected chi connectivity index (χ3v) is 6.33. The first-order chi connectivity index (χ1) is 8.98. The SMILES string of the molecule is O=C(C1CCS(=O)(=O)C1)N1CCc2c(Br)cccc21. The minimum absolute atomic E-state index is 0.00562. The molecule has 2 aliphatic heterocycles. The Kier molecular flexibility index (Phi) is 3.17. The van der Waals surface area contributed by atoms with Crippen LogP contribution >= 0.6 is 15.9 Å². The third-order valence-electron chi connectivity index (χ3n) is 3.82. The molecule has 1 atom stereocenters. The van der Waals surface area contributed by atoms with Crippen molar-refractivity contribution in [2.75, 3.05) is 23.0 Å². The number of sulfone groups is 1. The van der Waals surface area contributed by atoms with E-state index < -0.39 is 9.84 Å². The largest absolute Gasteiger partial charge is 0.312 e. The molecule has 1 fully saturated rings. The number of amides is 1. The highest BCUT2D eigenvalue weighted by atomic mass is 79.9. The predicted octanol–water partition coefficient (Wildman–Crippen LogP) is 1.77. The number of hydrogen-bond acceptors (Lipinski definition) is 3. The van der Waals surface area contributed by atoms with Gasteiger partial charge in [-0.1, -0.05) is 22.0 Å². The molecule has 4 nitrogen and oxygen atoms in total. The van der Waals surface area contributed by atoms with Crippen molar-refractivity contribution in [3.05, 3.63) is 28.2 Å². The Labute approximate surface area is 120 Å². The summed E-state index contributed by atoms with van der Waals surface area (Å²) in [6.07, 6.45) is 1.28. The maximum atomic E-state index is 12.5. The van der Waals surface area contributed by atoms with Crippen LogP contribution in [0.25, 0.3) is 0 Å². The highest BCUT2D eigenvalue weighted by Gasteiger charge is 2.37. The van der Waals surface area contributed by atoms with Gasteiger partial charge in [-0.2, -0.15) is 0 Å². The van der Waals surface area contributed by atoms with Crippen molar-refractivity contribution < 1.29 is 13.2 Å². The van der Waals surface area contributed by atoms with Crippen molar-refractivity contribution in [3.8, 4) is 0 Å². The van der Waals surface area contributed by atoms with Crippen LogP contribution in [0.5, 0.6) is 0 Å². The molecule has 102 valence electrons. The van der Waals surface area contributed by atoms with Gasteiger partial charge in [-0.15, -0.1) is 0 Å². The first-order valence-electron chi connectivity index (χ1n) is 6.27. The van der Waals surface area contributed by atoms with Crippen molar-refractivity contribution >= 4 is 37.4 Å². The molecule has 2 aliphatic rings. The van der Waals surface area contributed by atoms with E-state index in [0.29, 0.717) is 13.0 Å². The molecule has 0 bridgehead atoms. The number of fused-ring (bicyclic) bond motifs is 1. The summed E-state index contributed by atoms with van der Waals surface area (Å²) in [6, 6.07) is 5.79. The lowest BCUT2D eigenvalue weighted by Crippen LogP contribution is -2.35. The van der Waals surface area contributed by atoms with E-state index in [1.165, 1.54) is 0 Å². The minimum Gasteiger partial charge on any atom is -0.312 e. The number of hydrogen-bond donors (Lipinski definition) is 0. The van der Waals surface area contributed by atoms with E-state index in [-0.39, 0.29) is 23.3 Å². The van der Waals surface area contributed by atoms with Crippen LogP contribution in [0.15, 0.2) is 22.7 Å². The Balaban J connectivity index is 1.86. The normalized spacial score (nSPS) is 24.5. The molecule has 1 aromatic rings. The van der Waals surface area contributed by atoms with Crippen LogP contribution < -0.4 is 4.90 Å². The number of carbonyl (C=O) groups is 1. The van der Waals surface area contributed by atoms with Crippen molar-refractivity contribution in [1.82, 2.24) is 0 Å². The summed E-state index contributed by atoms with van der Waals surface area (Å²) >= 11 is 3.49. The van der Waals surface area contributed by atoms with E-state index in [9.17, 15) is 13.2 Å². The molecular weight excluding hydrogens is 330 g/mol. The molecule has 1 amide bonds. The van der Waals surface area contributed by atoms with Crippen LogP contribution in [0.1, 0.15) is 12.0 Å². The summed E-state index contributed by atoms with van der Waals surface area (Å²) in [5.74, 6) is -0.262. The highest BCUT2D eigenvalue weighted by Crippen LogP contribution is 2.35. The summed E-state index contributed by atoms with van der Waals surface area (Å²) in [7, 11) is -3.01. The second-order valence-electron chi connectivity index (χ2n) is 5.08. The smallest absolute Gasteiger partial charge is 0.231 e. The molecule has 0 N–H and O–H groups in total. The zero-order valence-electron chi connectivity index (χ0n) is 10.3. The molecule has 1 saturated heterocycles. The van der Waals surface area contributed by atoms with Gasteiger partial charge in [0.25, 0.3) is 0 Å². The second-order valence-corrected chi connectivity index (χ2v) is 8.16. The van der Waals surface area contributed by atoms with E-state index in [1.807, 2.05) is 18.2 Å². The zero-order chi connectivity index (χ0) is 13.6. The standard InChI is InChI=1S/C13H14BrNO3S/c14-11-2-1-3-12-10(11)4-6-15(12)13(16)9-5-7-19(17,18)8-9/h1-3,9H,4-8H2.